The molecule has 0 atom stereocenters. The summed E-state index contributed by atoms with van der Waals surface area (Å²) >= 11 is 0. The molecule has 0 bridgehead atoms. The minimum atomic E-state index is -1.02. The molecular formula is C17H17NO3. The van der Waals surface area contributed by atoms with Gasteiger partial charge in [-0.05, 0) is 50.1 Å². The van der Waals surface area contributed by atoms with Crippen molar-refractivity contribution in [2.45, 2.75) is 20.8 Å². The summed E-state index contributed by atoms with van der Waals surface area (Å²) in [6, 6.07) is 10.1. The molecule has 1 amide bonds. The quantitative estimate of drug-likeness (QED) is 0.905. The number of carboxylic acids is 1. The molecule has 0 radical (unpaired) electrons. The van der Waals surface area contributed by atoms with Gasteiger partial charge in [-0.2, -0.15) is 0 Å². The largest absolute Gasteiger partial charge is 0.478 e. The van der Waals surface area contributed by atoms with Crippen molar-refractivity contribution in [2.24, 2.45) is 0 Å². The molecule has 0 aliphatic rings. The molecule has 0 fully saturated rings. The number of hydrogen-bond donors (Lipinski definition) is 2. The van der Waals surface area contributed by atoms with Gasteiger partial charge in [-0.3, -0.25) is 4.79 Å². The Bertz CT molecular complexity index is 697. The van der Waals surface area contributed by atoms with E-state index in [9.17, 15) is 9.59 Å². The summed E-state index contributed by atoms with van der Waals surface area (Å²) in [6.07, 6.45) is 0. The van der Waals surface area contributed by atoms with Crippen LogP contribution in [0, 0.1) is 20.8 Å². The minimum Gasteiger partial charge on any atom is -0.478 e. The predicted octanol–water partition coefficient (Wildman–Crippen LogP) is 3.56. The van der Waals surface area contributed by atoms with Gasteiger partial charge in [0.2, 0.25) is 0 Å². The highest BCUT2D eigenvalue weighted by molar-refractivity contribution is 6.06. The Kier molecular flexibility index (Phi) is 4.08. The van der Waals surface area contributed by atoms with Crippen LogP contribution in [0.5, 0.6) is 0 Å². The van der Waals surface area contributed by atoms with Crippen LogP contribution < -0.4 is 5.32 Å². The van der Waals surface area contributed by atoms with Gasteiger partial charge in [0.05, 0.1) is 5.56 Å². The third kappa shape index (κ3) is 3.28. The maximum atomic E-state index is 12.4. The lowest BCUT2D eigenvalue weighted by Gasteiger charge is -2.12. The molecule has 108 valence electrons. The molecule has 0 aliphatic heterocycles. The molecule has 0 heterocycles. The van der Waals surface area contributed by atoms with Crippen molar-refractivity contribution >= 4 is 17.6 Å². The number of carbonyl (C=O) groups excluding carboxylic acids is 1. The zero-order valence-corrected chi connectivity index (χ0v) is 12.2. The Morgan fingerprint density at radius 1 is 1.00 bits per heavy atom. The zero-order chi connectivity index (χ0) is 15.6. The highest BCUT2D eigenvalue weighted by atomic mass is 16.4. The summed E-state index contributed by atoms with van der Waals surface area (Å²) in [7, 11) is 0. The Morgan fingerprint density at radius 2 is 1.62 bits per heavy atom. The fraction of sp³-hybridized carbons (Fsp3) is 0.176. The molecule has 0 saturated heterocycles. The van der Waals surface area contributed by atoms with E-state index in [1.54, 1.807) is 12.1 Å². The molecule has 2 rings (SSSR count). The first-order valence-corrected chi connectivity index (χ1v) is 6.61. The van der Waals surface area contributed by atoms with Crippen molar-refractivity contribution in [2.75, 3.05) is 5.32 Å². The number of aryl methyl sites for hydroxylation is 3. The molecule has 0 spiro atoms. The van der Waals surface area contributed by atoms with Crippen LogP contribution in [0.2, 0.25) is 0 Å². The van der Waals surface area contributed by atoms with Crippen LogP contribution in [0.25, 0.3) is 0 Å². The van der Waals surface area contributed by atoms with E-state index in [1.807, 2.05) is 32.9 Å². The van der Waals surface area contributed by atoms with Crippen LogP contribution in [-0.2, 0) is 0 Å². The second-order valence-electron chi connectivity index (χ2n) is 5.11. The minimum absolute atomic E-state index is 0.144. The first-order chi connectivity index (χ1) is 9.88. The van der Waals surface area contributed by atoms with Gasteiger partial charge >= 0.3 is 5.97 Å². The van der Waals surface area contributed by atoms with E-state index in [2.05, 4.69) is 5.32 Å². The molecule has 4 heteroatoms. The molecule has 0 saturated carbocycles. The summed E-state index contributed by atoms with van der Waals surface area (Å²) in [5.41, 5.74) is 4.15. The summed E-state index contributed by atoms with van der Waals surface area (Å²) in [5, 5.41) is 11.7. The Labute approximate surface area is 123 Å². The van der Waals surface area contributed by atoms with Crippen LogP contribution in [0.15, 0.2) is 36.4 Å². The lowest BCUT2D eigenvalue weighted by Crippen LogP contribution is -2.15. The van der Waals surface area contributed by atoms with Gasteiger partial charge in [-0.1, -0.05) is 23.8 Å². The van der Waals surface area contributed by atoms with Gasteiger partial charge in [-0.15, -0.1) is 0 Å². The fourth-order valence-electron chi connectivity index (χ4n) is 2.46. The SMILES string of the molecule is Cc1cc(C)c(C(=O)Nc2cccc(C(=O)O)c2)c(C)c1. The summed E-state index contributed by atoms with van der Waals surface area (Å²) in [4.78, 5) is 23.3. The van der Waals surface area contributed by atoms with E-state index in [0.29, 0.717) is 11.3 Å². The predicted molar refractivity (Wildman–Crippen MR) is 82.0 cm³/mol. The van der Waals surface area contributed by atoms with Gasteiger partial charge in [0.15, 0.2) is 0 Å². The number of hydrogen-bond acceptors (Lipinski definition) is 2. The van der Waals surface area contributed by atoms with E-state index in [-0.39, 0.29) is 11.5 Å². The van der Waals surface area contributed by atoms with Gasteiger partial charge in [0, 0.05) is 11.3 Å². The molecule has 2 aromatic carbocycles. The average molecular weight is 283 g/mol. The van der Waals surface area contributed by atoms with E-state index in [0.717, 1.165) is 16.7 Å². The first kappa shape index (κ1) is 14.8. The van der Waals surface area contributed by atoms with E-state index in [4.69, 9.17) is 5.11 Å². The maximum absolute atomic E-state index is 12.4. The van der Waals surface area contributed by atoms with Crippen molar-refractivity contribution in [1.82, 2.24) is 0 Å². The zero-order valence-electron chi connectivity index (χ0n) is 12.2. The van der Waals surface area contributed by atoms with Gasteiger partial charge in [-0.25, -0.2) is 4.79 Å². The molecule has 2 aromatic rings. The van der Waals surface area contributed by atoms with E-state index < -0.39 is 5.97 Å². The van der Waals surface area contributed by atoms with Crippen molar-refractivity contribution < 1.29 is 14.7 Å². The number of carbonyl (C=O) groups is 2. The lowest BCUT2D eigenvalue weighted by atomic mass is 9.99. The van der Waals surface area contributed by atoms with Gasteiger partial charge in [0.25, 0.3) is 5.91 Å². The molecule has 0 aromatic heterocycles. The molecule has 4 nitrogen and oxygen atoms in total. The number of rotatable bonds is 3. The highest BCUT2D eigenvalue weighted by Gasteiger charge is 2.13. The third-order valence-electron chi connectivity index (χ3n) is 3.27. The van der Waals surface area contributed by atoms with Crippen molar-refractivity contribution in [3.05, 3.63) is 64.2 Å². The third-order valence-corrected chi connectivity index (χ3v) is 3.27. The average Bonchev–Trinajstić information content (AvgIpc) is 2.37. The van der Waals surface area contributed by atoms with Crippen LogP contribution in [0.3, 0.4) is 0 Å². The highest BCUT2D eigenvalue weighted by Crippen LogP contribution is 2.19. The van der Waals surface area contributed by atoms with Crippen LogP contribution in [-0.4, -0.2) is 17.0 Å². The second-order valence-corrected chi connectivity index (χ2v) is 5.11. The monoisotopic (exact) mass is 283 g/mol. The van der Waals surface area contributed by atoms with Gasteiger partial charge < -0.3 is 10.4 Å². The Morgan fingerprint density at radius 3 is 2.19 bits per heavy atom. The fourth-order valence-corrected chi connectivity index (χ4v) is 2.46. The Balaban J connectivity index is 2.30. The number of benzene rings is 2. The van der Waals surface area contributed by atoms with Crippen LogP contribution in [0.4, 0.5) is 5.69 Å². The van der Waals surface area contributed by atoms with Crippen molar-refractivity contribution in [1.29, 1.82) is 0 Å². The lowest BCUT2D eigenvalue weighted by molar-refractivity contribution is 0.0696. The Hall–Kier alpha value is -2.62. The number of carboxylic acid groups (broad SMARTS) is 1. The standard InChI is InChI=1S/C17H17NO3/c1-10-7-11(2)15(12(3)8-10)16(19)18-14-6-4-5-13(9-14)17(20)21/h4-9H,1-3H3,(H,18,19)(H,20,21). The number of nitrogens with one attached hydrogen (secondary N) is 1. The number of amides is 1. The normalized spacial score (nSPS) is 10.2. The first-order valence-electron chi connectivity index (χ1n) is 6.61. The molecular weight excluding hydrogens is 266 g/mol. The smallest absolute Gasteiger partial charge is 0.335 e. The van der Waals surface area contributed by atoms with E-state index in [1.165, 1.54) is 12.1 Å². The molecule has 0 unspecified atom stereocenters. The number of anilines is 1. The van der Waals surface area contributed by atoms with E-state index >= 15 is 0 Å². The summed E-state index contributed by atoms with van der Waals surface area (Å²) in [5.74, 6) is -1.25. The van der Waals surface area contributed by atoms with Crippen LogP contribution in [0.1, 0.15) is 37.4 Å². The van der Waals surface area contributed by atoms with Crippen molar-refractivity contribution in [3.63, 3.8) is 0 Å². The number of aromatic carboxylic acids is 1. The maximum Gasteiger partial charge on any atom is 0.335 e. The van der Waals surface area contributed by atoms with Crippen LogP contribution >= 0.6 is 0 Å². The molecule has 2 N–H and O–H groups in total. The second kappa shape index (κ2) is 5.79. The molecule has 21 heavy (non-hydrogen) atoms. The summed E-state index contributed by atoms with van der Waals surface area (Å²) in [6.45, 7) is 5.77. The summed E-state index contributed by atoms with van der Waals surface area (Å²) < 4.78 is 0. The van der Waals surface area contributed by atoms with Crippen molar-refractivity contribution in [3.8, 4) is 0 Å². The topological polar surface area (TPSA) is 66.4 Å². The van der Waals surface area contributed by atoms with Gasteiger partial charge in [0.1, 0.15) is 0 Å². The molecule has 0 aliphatic carbocycles.